The first-order valence-electron chi connectivity index (χ1n) is 11.0. The number of para-hydroxylation sites is 1. The van der Waals surface area contributed by atoms with Crippen LogP contribution in [0.1, 0.15) is 37.9 Å². The fourth-order valence-corrected chi connectivity index (χ4v) is 4.96. The van der Waals surface area contributed by atoms with Crippen molar-refractivity contribution in [1.29, 1.82) is 0 Å². The van der Waals surface area contributed by atoms with Crippen LogP contribution in [0.15, 0.2) is 69.6 Å². The molecule has 2 heterocycles. The quantitative estimate of drug-likeness (QED) is 0.488. The Morgan fingerprint density at radius 3 is 2.53 bits per heavy atom. The summed E-state index contributed by atoms with van der Waals surface area (Å²) >= 11 is 1.28. The maximum absolute atomic E-state index is 13.7. The van der Waals surface area contributed by atoms with Crippen molar-refractivity contribution in [2.75, 3.05) is 20.3 Å². The summed E-state index contributed by atoms with van der Waals surface area (Å²) in [4.78, 5) is 31.7. The lowest BCUT2D eigenvalue weighted by atomic mass is 9.96. The first-order chi connectivity index (χ1) is 16.5. The van der Waals surface area contributed by atoms with Crippen LogP contribution in [-0.4, -0.2) is 30.9 Å². The van der Waals surface area contributed by atoms with E-state index in [2.05, 4.69) is 4.99 Å². The summed E-state index contributed by atoms with van der Waals surface area (Å²) in [6.45, 7) is 6.18. The van der Waals surface area contributed by atoms with Gasteiger partial charge in [-0.25, -0.2) is 9.79 Å². The minimum Gasteiger partial charge on any atom is -0.497 e. The second-order valence-electron chi connectivity index (χ2n) is 7.55. The molecule has 0 saturated heterocycles. The smallest absolute Gasteiger partial charge is 0.338 e. The molecule has 8 heteroatoms. The van der Waals surface area contributed by atoms with E-state index < -0.39 is 12.0 Å². The first kappa shape index (κ1) is 23.5. The number of carbonyl (C=O) groups excluding carboxylic acids is 1. The average Bonchev–Trinajstić information content (AvgIpc) is 3.14. The molecule has 1 aliphatic heterocycles. The molecule has 4 rings (SSSR count). The molecular formula is C26H26N2O5S. The summed E-state index contributed by atoms with van der Waals surface area (Å²) in [6.07, 6.45) is 1.81. The van der Waals surface area contributed by atoms with Gasteiger partial charge in [-0.3, -0.25) is 9.36 Å². The van der Waals surface area contributed by atoms with Crippen molar-refractivity contribution in [3.8, 4) is 11.5 Å². The van der Waals surface area contributed by atoms with Gasteiger partial charge in [-0.1, -0.05) is 41.7 Å². The van der Waals surface area contributed by atoms with Gasteiger partial charge in [-0.15, -0.1) is 0 Å². The molecule has 0 unspecified atom stereocenters. The number of methoxy groups -OCH3 is 1. The highest BCUT2D eigenvalue weighted by molar-refractivity contribution is 7.07. The van der Waals surface area contributed by atoms with E-state index in [1.165, 1.54) is 11.3 Å². The van der Waals surface area contributed by atoms with E-state index in [4.69, 9.17) is 14.2 Å². The van der Waals surface area contributed by atoms with Gasteiger partial charge in [0.2, 0.25) is 0 Å². The molecule has 1 aliphatic rings. The molecular weight excluding hydrogens is 452 g/mol. The minimum atomic E-state index is -0.662. The zero-order chi connectivity index (χ0) is 24.2. The van der Waals surface area contributed by atoms with Crippen molar-refractivity contribution in [3.05, 3.63) is 90.6 Å². The third-order valence-corrected chi connectivity index (χ3v) is 6.44. The molecule has 0 fully saturated rings. The van der Waals surface area contributed by atoms with E-state index in [1.54, 1.807) is 25.5 Å². The zero-order valence-electron chi connectivity index (χ0n) is 19.5. The van der Waals surface area contributed by atoms with E-state index in [0.717, 1.165) is 11.1 Å². The van der Waals surface area contributed by atoms with Crippen LogP contribution in [-0.2, 0) is 9.53 Å². The Labute approximate surface area is 201 Å². The SMILES string of the molecule is CCOC(=O)C1=C(C)N=c2s/c(=C\c3ccccc3OCC)c(=O)n2[C@H]1c1ccc(OC)cc1. The first-order valence-corrected chi connectivity index (χ1v) is 11.9. The third-order valence-electron chi connectivity index (χ3n) is 5.45. The highest BCUT2D eigenvalue weighted by Gasteiger charge is 2.33. The molecule has 0 bridgehead atoms. The van der Waals surface area contributed by atoms with E-state index in [-0.39, 0.29) is 12.2 Å². The Morgan fingerprint density at radius 1 is 1.12 bits per heavy atom. The fourth-order valence-electron chi connectivity index (χ4n) is 3.92. The predicted molar refractivity (Wildman–Crippen MR) is 131 cm³/mol. The lowest BCUT2D eigenvalue weighted by Gasteiger charge is -2.24. The van der Waals surface area contributed by atoms with Crippen molar-refractivity contribution < 1.29 is 19.0 Å². The van der Waals surface area contributed by atoms with Gasteiger partial charge in [-0.2, -0.15) is 0 Å². The molecule has 0 aliphatic carbocycles. The van der Waals surface area contributed by atoms with Gasteiger partial charge in [0, 0.05) is 5.56 Å². The van der Waals surface area contributed by atoms with Gasteiger partial charge in [0.15, 0.2) is 4.80 Å². The van der Waals surface area contributed by atoms with Gasteiger partial charge >= 0.3 is 5.97 Å². The van der Waals surface area contributed by atoms with E-state index in [9.17, 15) is 9.59 Å². The number of fused-ring (bicyclic) bond motifs is 1. The topological polar surface area (TPSA) is 79.1 Å². The molecule has 1 atom stereocenters. The van der Waals surface area contributed by atoms with Crippen molar-refractivity contribution >= 4 is 23.4 Å². The summed E-state index contributed by atoms with van der Waals surface area (Å²) in [5, 5.41) is 0. The van der Waals surface area contributed by atoms with Crippen LogP contribution < -0.4 is 24.4 Å². The Balaban J connectivity index is 1.93. The molecule has 7 nitrogen and oxygen atoms in total. The summed E-state index contributed by atoms with van der Waals surface area (Å²) in [6, 6.07) is 14.2. The molecule has 0 amide bonds. The van der Waals surface area contributed by atoms with E-state index in [0.29, 0.717) is 38.7 Å². The molecule has 34 heavy (non-hydrogen) atoms. The minimum absolute atomic E-state index is 0.226. The molecule has 3 aromatic rings. The Hall–Kier alpha value is -3.65. The Morgan fingerprint density at radius 2 is 1.85 bits per heavy atom. The lowest BCUT2D eigenvalue weighted by Crippen LogP contribution is -2.39. The Bertz CT molecular complexity index is 1420. The summed E-state index contributed by atoms with van der Waals surface area (Å²) in [7, 11) is 1.59. The molecule has 0 spiro atoms. The number of hydrogen-bond donors (Lipinski definition) is 0. The fraction of sp³-hybridized carbons (Fsp3) is 0.269. The standard InChI is InChI=1S/C26H26N2O5S/c1-5-32-20-10-8-7-9-18(20)15-21-24(29)28-23(17-11-13-19(31-4)14-12-17)22(25(30)33-6-2)16(3)27-26(28)34-21/h7-15,23H,5-6H2,1-4H3/b21-15-/t23-/m0/s1. The highest BCUT2D eigenvalue weighted by atomic mass is 32.1. The molecule has 2 aromatic carbocycles. The second-order valence-corrected chi connectivity index (χ2v) is 8.56. The van der Waals surface area contributed by atoms with Crippen LogP contribution >= 0.6 is 11.3 Å². The maximum atomic E-state index is 13.7. The van der Waals surface area contributed by atoms with Crippen molar-refractivity contribution in [2.45, 2.75) is 26.8 Å². The van der Waals surface area contributed by atoms with Gasteiger partial charge in [0.1, 0.15) is 11.5 Å². The predicted octanol–water partition coefficient (Wildman–Crippen LogP) is 3.21. The monoisotopic (exact) mass is 478 g/mol. The molecule has 176 valence electrons. The number of hydrogen-bond acceptors (Lipinski definition) is 7. The average molecular weight is 479 g/mol. The van der Waals surface area contributed by atoms with Crippen LogP contribution in [0.2, 0.25) is 0 Å². The number of esters is 1. The zero-order valence-corrected chi connectivity index (χ0v) is 20.3. The van der Waals surface area contributed by atoms with Crippen LogP contribution in [0.5, 0.6) is 11.5 Å². The van der Waals surface area contributed by atoms with Crippen LogP contribution in [0.25, 0.3) is 6.08 Å². The number of thiazole rings is 1. The molecule has 0 radical (unpaired) electrons. The van der Waals surface area contributed by atoms with Gasteiger partial charge < -0.3 is 14.2 Å². The highest BCUT2D eigenvalue weighted by Crippen LogP contribution is 2.31. The molecule has 0 saturated carbocycles. The van der Waals surface area contributed by atoms with Gasteiger partial charge in [0.05, 0.1) is 42.2 Å². The third kappa shape index (κ3) is 4.41. The number of nitrogens with zero attached hydrogens (tertiary/aromatic N) is 2. The number of benzene rings is 2. The van der Waals surface area contributed by atoms with Crippen molar-refractivity contribution in [1.82, 2.24) is 4.57 Å². The second kappa shape index (κ2) is 10.1. The van der Waals surface area contributed by atoms with Crippen LogP contribution in [0, 0.1) is 0 Å². The number of rotatable bonds is 7. The Kier molecular flexibility index (Phi) is 6.98. The summed E-state index contributed by atoms with van der Waals surface area (Å²) in [5.41, 5.74) is 2.21. The molecule has 0 N–H and O–H groups in total. The molecule has 1 aromatic heterocycles. The normalized spacial score (nSPS) is 15.5. The number of ether oxygens (including phenoxy) is 3. The largest absolute Gasteiger partial charge is 0.497 e. The van der Waals surface area contributed by atoms with E-state index >= 15 is 0 Å². The maximum Gasteiger partial charge on any atom is 0.338 e. The summed E-state index contributed by atoms with van der Waals surface area (Å²) in [5.74, 6) is 0.897. The van der Waals surface area contributed by atoms with E-state index in [1.807, 2.05) is 61.5 Å². The van der Waals surface area contributed by atoms with Crippen molar-refractivity contribution in [3.63, 3.8) is 0 Å². The van der Waals surface area contributed by atoms with Gasteiger partial charge in [-0.05, 0) is 50.6 Å². The lowest BCUT2D eigenvalue weighted by molar-refractivity contribution is -0.139. The number of allylic oxidation sites excluding steroid dienone is 1. The number of carbonyl (C=O) groups is 1. The summed E-state index contributed by atoms with van der Waals surface area (Å²) < 4.78 is 18.4. The van der Waals surface area contributed by atoms with Crippen LogP contribution in [0.3, 0.4) is 0 Å². The number of aromatic nitrogens is 1. The van der Waals surface area contributed by atoms with Crippen LogP contribution in [0.4, 0.5) is 0 Å². The van der Waals surface area contributed by atoms with Gasteiger partial charge in [0.25, 0.3) is 5.56 Å². The van der Waals surface area contributed by atoms with Crippen molar-refractivity contribution in [2.24, 2.45) is 4.99 Å².